The van der Waals surface area contributed by atoms with Crippen molar-refractivity contribution in [1.29, 1.82) is 0 Å². The van der Waals surface area contributed by atoms with Gasteiger partial charge in [-0.2, -0.15) is 4.98 Å². The summed E-state index contributed by atoms with van der Waals surface area (Å²) in [5.41, 5.74) is 2.14. The van der Waals surface area contributed by atoms with Crippen LogP contribution in [0.2, 0.25) is 5.02 Å². The first-order valence-electron chi connectivity index (χ1n) is 10.0. The maximum absolute atomic E-state index is 12.3. The van der Waals surface area contributed by atoms with E-state index >= 15 is 0 Å². The van der Waals surface area contributed by atoms with Gasteiger partial charge >= 0.3 is 6.03 Å². The van der Waals surface area contributed by atoms with Crippen LogP contribution in [0.15, 0.2) is 53.1 Å². The molecular formula is C22H20ClN5O4. The number of benzene rings is 2. The standard InChI is InChI=1S/C22H20ClN5O4/c23-16-9-7-15(8-10-16)21-26-19(32-27-21)6-2-5-18(29)25-17-4-1-3-14(11-17)13-28-20(30)12-24-22(28)31/h1,3-4,7-11H,2,5-6,12-13H2,(H,24,31)(H,25,29). The Morgan fingerprint density at radius 3 is 2.75 bits per heavy atom. The molecule has 0 spiro atoms. The van der Waals surface area contributed by atoms with Crippen LogP contribution in [0.4, 0.5) is 10.5 Å². The van der Waals surface area contributed by atoms with Crippen LogP contribution in [-0.2, 0) is 22.6 Å². The van der Waals surface area contributed by atoms with E-state index in [2.05, 4.69) is 20.8 Å². The lowest BCUT2D eigenvalue weighted by atomic mass is 10.1. The van der Waals surface area contributed by atoms with E-state index in [0.717, 1.165) is 16.0 Å². The van der Waals surface area contributed by atoms with E-state index in [1.807, 2.05) is 12.1 Å². The normalized spacial score (nSPS) is 13.3. The summed E-state index contributed by atoms with van der Waals surface area (Å²) >= 11 is 5.88. The van der Waals surface area contributed by atoms with E-state index in [1.54, 1.807) is 36.4 Å². The van der Waals surface area contributed by atoms with Crippen LogP contribution in [0.1, 0.15) is 24.3 Å². The van der Waals surface area contributed by atoms with Crippen LogP contribution >= 0.6 is 11.6 Å². The first kappa shape index (κ1) is 21.5. The van der Waals surface area contributed by atoms with Crippen LogP contribution in [0.25, 0.3) is 11.4 Å². The number of imide groups is 1. The number of anilines is 1. The molecule has 164 valence electrons. The Balaban J connectivity index is 1.26. The quantitative estimate of drug-likeness (QED) is 0.505. The Hall–Kier alpha value is -3.72. The van der Waals surface area contributed by atoms with Crippen LogP contribution in [0.3, 0.4) is 0 Å². The SMILES string of the molecule is O=C(CCCc1nc(-c2ccc(Cl)cc2)no1)Nc1cccc(CN2C(=O)CNC2=O)c1. The minimum absolute atomic E-state index is 0.0104. The van der Waals surface area contributed by atoms with Crippen LogP contribution in [-0.4, -0.2) is 39.4 Å². The zero-order valence-corrected chi connectivity index (χ0v) is 17.8. The lowest BCUT2D eigenvalue weighted by molar-refractivity contribution is -0.125. The number of hydrogen-bond acceptors (Lipinski definition) is 6. The number of urea groups is 1. The molecule has 9 nitrogen and oxygen atoms in total. The average molecular weight is 454 g/mol. The molecule has 2 N–H and O–H groups in total. The molecule has 0 unspecified atom stereocenters. The fourth-order valence-corrected chi connectivity index (χ4v) is 3.37. The monoisotopic (exact) mass is 453 g/mol. The van der Waals surface area contributed by atoms with Crippen LogP contribution in [0.5, 0.6) is 0 Å². The fraction of sp³-hybridized carbons (Fsp3) is 0.227. The molecule has 0 atom stereocenters. The van der Waals surface area contributed by atoms with Crippen LogP contribution < -0.4 is 10.6 Å². The molecule has 2 heterocycles. The van der Waals surface area contributed by atoms with Gasteiger partial charge in [0.2, 0.25) is 23.5 Å². The predicted molar refractivity (Wildman–Crippen MR) is 117 cm³/mol. The van der Waals surface area contributed by atoms with Crippen molar-refractivity contribution in [2.24, 2.45) is 0 Å². The Morgan fingerprint density at radius 1 is 1.19 bits per heavy atom. The second-order valence-corrected chi connectivity index (χ2v) is 7.70. The second-order valence-electron chi connectivity index (χ2n) is 7.26. The maximum atomic E-state index is 12.3. The third-order valence-electron chi connectivity index (χ3n) is 4.85. The number of amides is 4. The zero-order valence-electron chi connectivity index (χ0n) is 17.0. The van der Waals surface area contributed by atoms with Gasteiger partial charge in [-0.15, -0.1) is 0 Å². The molecule has 1 aromatic heterocycles. The highest BCUT2D eigenvalue weighted by Crippen LogP contribution is 2.19. The molecule has 1 fully saturated rings. The highest BCUT2D eigenvalue weighted by atomic mass is 35.5. The van der Waals surface area contributed by atoms with Crippen molar-refractivity contribution < 1.29 is 18.9 Å². The number of aryl methyl sites for hydroxylation is 1. The smallest absolute Gasteiger partial charge is 0.324 e. The Labute approximate surface area is 188 Å². The van der Waals surface area contributed by atoms with Crippen molar-refractivity contribution in [3.05, 3.63) is 65.0 Å². The van der Waals surface area contributed by atoms with E-state index in [-0.39, 0.29) is 31.3 Å². The number of nitrogens with one attached hydrogen (secondary N) is 2. The van der Waals surface area contributed by atoms with Crippen molar-refractivity contribution in [1.82, 2.24) is 20.4 Å². The number of rotatable bonds is 8. The first-order chi connectivity index (χ1) is 15.5. The van der Waals surface area contributed by atoms with Gasteiger partial charge < -0.3 is 15.2 Å². The zero-order chi connectivity index (χ0) is 22.5. The van der Waals surface area contributed by atoms with Crippen LogP contribution in [0, 0.1) is 0 Å². The number of carbonyl (C=O) groups is 3. The third-order valence-corrected chi connectivity index (χ3v) is 5.11. The summed E-state index contributed by atoms with van der Waals surface area (Å²) in [5, 5.41) is 9.90. The summed E-state index contributed by atoms with van der Waals surface area (Å²) in [5.74, 6) is 0.501. The topological polar surface area (TPSA) is 117 Å². The molecule has 1 saturated heterocycles. The minimum Gasteiger partial charge on any atom is -0.339 e. The first-order valence-corrected chi connectivity index (χ1v) is 10.4. The summed E-state index contributed by atoms with van der Waals surface area (Å²) in [4.78, 5) is 41.2. The maximum Gasteiger partial charge on any atom is 0.324 e. The predicted octanol–water partition coefficient (Wildman–Crippen LogP) is 3.40. The minimum atomic E-state index is -0.412. The number of aromatic nitrogens is 2. The van der Waals surface area contributed by atoms with Gasteiger partial charge in [0.25, 0.3) is 0 Å². The molecule has 32 heavy (non-hydrogen) atoms. The van der Waals surface area contributed by atoms with Crippen molar-refractivity contribution in [2.45, 2.75) is 25.8 Å². The lowest BCUT2D eigenvalue weighted by Crippen LogP contribution is -2.30. The van der Waals surface area contributed by atoms with Gasteiger partial charge in [0.05, 0.1) is 13.1 Å². The third kappa shape index (κ3) is 5.30. The Bertz CT molecular complexity index is 1130. The average Bonchev–Trinajstić information content (AvgIpc) is 3.37. The summed E-state index contributed by atoms with van der Waals surface area (Å²) in [6.07, 6.45) is 1.28. The Kier molecular flexibility index (Phi) is 6.46. The summed E-state index contributed by atoms with van der Waals surface area (Å²) < 4.78 is 5.26. The lowest BCUT2D eigenvalue weighted by Gasteiger charge is -2.13. The summed E-state index contributed by atoms with van der Waals surface area (Å²) in [6.45, 7) is 0.165. The number of halogens is 1. The molecule has 0 radical (unpaired) electrons. The molecule has 10 heteroatoms. The van der Waals surface area contributed by atoms with Crippen molar-refractivity contribution in [3.8, 4) is 11.4 Å². The number of carbonyl (C=O) groups excluding carboxylic acids is 3. The van der Waals surface area contributed by atoms with Gasteiger partial charge in [0.1, 0.15) is 0 Å². The molecule has 0 bridgehead atoms. The molecule has 0 aliphatic carbocycles. The van der Waals surface area contributed by atoms with Gasteiger partial charge in [-0.3, -0.25) is 14.5 Å². The second kappa shape index (κ2) is 9.61. The van der Waals surface area contributed by atoms with Gasteiger partial charge in [-0.25, -0.2) is 4.79 Å². The summed E-state index contributed by atoms with van der Waals surface area (Å²) in [7, 11) is 0. The van der Waals surface area contributed by atoms with E-state index < -0.39 is 6.03 Å². The van der Waals surface area contributed by atoms with Gasteiger partial charge in [-0.05, 0) is 48.4 Å². The molecule has 2 aromatic carbocycles. The van der Waals surface area contributed by atoms with Gasteiger partial charge in [0.15, 0.2) is 0 Å². The van der Waals surface area contributed by atoms with Crippen molar-refractivity contribution in [3.63, 3.8) is 0 Å². The highest BCUT2D eigenvalue weighted by Gasteiger charge is 2.28. The van der Waals surface area contributed by atoms with E-state index in [4.69, 9.17) is 16.1 Å². The number of nitrogens with zero attached hydrogens (tertiary/aromatic N) is 3. The molecule has 4 amide bonds. The van der Waals surface area contributed by atoms with Gasteiger partial charge in [0, 0.05) is 29.1 Å². The van der Waals surface area contributed by atoms with E-state index in [0.29, 0.717) is 35.3 Å². The molecule has 1 aliphatic heterocycles. The van der Waals surface area contributed by atoms with Crippen molar-refractivity contribution in [2.75, 3.05) is 11.9 Å². The van der Waals surface area contributed by atoms with Gasteiger partial charge in [-0.1, -0.05) is 28.9 Å². The summed E-state index contributed by atoms with van der Waals surface area (Å²) in [6, 6.07) is 13.8. The molecular weight excluding hydrogens is 434 g/mol. The molecule has 3 aromatic rings. The molecule has 0 saturated carbocycles. The largest absolute Gasteiger partial charge is 0.339 e. The highest BCUT2D eigenvalue weighted by molar-refractivity contribution is 6.30. The van der Waals surface area contributed by atoms with E-state index in [9.17, 15) is 14.4 Å². The molecule has 1 aliphatic rings. The van der Waals surface area contributed by atoms with Crippen molar-refractivity contribution >= 4 is 35.1 Å². The number of hydrogen-bond donors (Lipinski definition) is 2. The molecule has 4 rings (SSSR count). The Morgan fingerprint density at radius 2 is 2.00 bits per heavy atom. The van der Waals surface area contributed by atoms with E-state index in [1.165, 1.54) is 0 Å². The fourth-order valence-electron chi connectivity index (χ4n) is 3.24.